The number of halogens is 2. The molecule has 4 heteroatoms. The number of hydrogen-bond acceptors (Lipinski definition) is 2. The SMILES string of the molecule is CC(C)N(C)CCCNCc1cc(Br)ccc1Cl. The number of nitrogens with zero attached hydrogens (tertiary/aromatic N) is 1. The van der Waals surface area contributed by atoms with Gasteiger partial charge in [-0.15, -0.1) is 0 Å². The van der Waals surface area contributed by atoms with Crippen molar-refractivity contribution in [1.82, 2.24) is 10.2 Å². The Labute approximate surface area is 124 Å². The van der Waals surface area contributed by atoms with Gasteiger partial charge in [0, 0.05) is 22.1 Å². The van der Waals surface area contributed by atoms with Gasteiger partial charge in [0.05, 0.1) is 0 Å². The van der Waals surface area contributed by atoms with Gasteiger partial charge in [-0.2, -0.15) is 0 Å². The molecule has 1 aromatic carbocycles. The van der Waals surface area contributed by atoms with Gasteiger partial charge >= 0.3 is 0 Å². The molecule has 0 unspecified atom stereocenters. The summed E-state index contributed by atoms with van der Waals surface area (Å²) in [6, 6.07) is 6.57. The van der Waals surface area contributed by atoms with Crippen molar-refractivity contribution in [1.29, 1.82) is 0 Å². The molecule has 102 valence electrons. The van der Waals surface area contributed by atoms with E-state index in [1.807, 2.05) is 12.1 Å². The summed E-state index contributed by atoms with van der Waals surface area (Å²) < 4.78 is 1.07. The molecule has 0 amide bonds. The molecule has 1 N–H and O–H groups in total. The Balaban J connectivity index is 2.24. The zero-order chi connectivity index (χ0) is 13.5. The Hall–Kier alpha value is -0.0900. The molecule has 0 aliphatic heterocycles. The predicted molar refractivity (Wildman–Crippen MR) is 83.2 cm³/mol. The van der Waals surface area contributed by atoms with Gasteiger partial charge in [-0.25, -0.2) is 0 Å². The number of nitrogens with one attached hydrogen (secondary N) is 1. The Morgan fingerprint density at radius 1 is 1.39 bits per heavy atom. The Morgan fingerprint density at radius 3 is 2.78 bits per heavy atom. The van der Waals surface area contributed by atoms with E-state index < -0.39 is 0 Å². The van der Waals surface area contributed by atoms with Gasteiger partial charge in [-0.3, -0.25) is 0 Å². The molecule has 0 fully saturated rings. The highest BCUT2D eigenvalue weighted by Gasteiger charge is 2.03. The molecular formula is C14H22BrClN2. The van der Waals surface area contributed by atoms with Gasteiger partial charge in [-0.05, 0) is 64.2 Å². The highest BCUT2D eigenvalue weighted by Crippen LogP contribution is 2.20. The second kappa shape index (κ2) is 8.16. The average molecular weight is 334 g/mol. The van der Waals surface area contributed by atoms with Crippen LogP contribution in [0.15, 0.2) is 22.7 Å². The van der Waals surface area contributed by atoms with E-state index in [1.165, 1.54) is 0 Å². The Bertz CT molecular complexity index is 369. The molecule has 0 aliphatic rings. The van der Waals surface area contributed by atoms with Crippen LogP contribution in [0, 0.1) is 0 Å². The molecule has 0 aromatic heterocycles. The van der Waals surface area contributed by atoms with E-state index in [1.54, 1.807) is 0 Å². The highest BCUT2D eigenvalue weighted by molar-refractivity contribution is 9.10. The first-order valence-electron chi connectivity index (χ1n) is 6.35. The van der Waals surface area contributed by atoms with Crippen LogP contribution in [0.4, 0.5) is 0 Å². The van der Waals surface area contributed by atoms with E-state index in [0.717, 1.165) is 41.1 Å². The summed E-state index contributed by atoms with van der Waals surface area (Å²) in [6.07, 6.45) is 1.15. The van der Waals surface area contributed by atoms with Crippen LogP contribution in [0.25, 0.3) is 0 Å². The van der Waals surface area contributed by atoms with E-state index in [4.69, 9.17) is 11.6 Å². The fourth-order valence-corrected chi connectivity index (χ4v) is 2.21. The molecule has 0 bridgehead atoms. The molecule has 0 heterocycles. The van der Waals surface area contributed by atoms with Crippen LogP contribution < -0.4 is 5.32 Å². The molecular weight excluding hydrogens is 312 g/mol. The van der Waals surface area contributed by atoms with E-state index >= 15 is 0 Å². The van der Waals surface area contributed by atoms with E-state index in [2.05, 4.69) is 53.1 Å². The van der Waals surface area contributed by atoms with Crippen molar-refractivity contribution in [3.05, 3.63) is 33.3 Å². The van der Waals surface area contributed by atoms with Crippen LogP contribution in [-0.2, 0) is 6.54 Å². The fourth-order valence-electron chi connectivity index (χ4n) is 1.61. The Kier molecular flexibility index (Phi) is 7.23. The van der Waals surface area contributed by atoms with Crippen molar-refractivity contribution in [2.24, 2.45) is 0 Å². The third-order valence-electron chi connectivity index (χ3n) is 3.07. The van der Waals surface area contributed by atoms with Gasteiger partial charge < -0.3 is 10.2 Å². The monoisotopic (exact) mass is 332 g/mol. The molecule has 0 saturated heterocycles. The van der Waals surface area contributed by atoms with Crippen molar-refractivity contribution in [2.45, 2.75) is 32.9 Å². The largest absolute Gasteiger partial charge is 0.313 e. The summed E-state index contributed by atoms with van der Waals surface area (Å²) in [5, 5.41) is 4.26. The first-order chi connectivity index (χ1) is 8.50. The highest BCUT2D eigenvalue weighted by atomic mass is 79.9. The van der Waals surface area contributed by atoms with E-state index in [9.17, 15) is 0 Å². The van der Waals surface area contributed by atoms with Gasteiger partial charge in [0.25, 0.3) is 0 Å². The maximum Gasteiger partial charge on any atom is 0.0451 e. The molecule has 0 radical (unpaired) electrons. The minimum Gasteiger partial charge on any atom is -0.313 e. The molecule has 1 aromatic rings. The zero-order valence-electron chi connectivity index (χ0n) is 11.3. The molecule has 0 saturated carbocycles. The minimum atomic E-state index is 0.615. The van der Waals surface area contributed by atoms with Crippen LogP contribution >= 0.6 is 27.5 Å². The number of hydrogen-bond donors (Lipinski definition) is 1. The third-order valence-corrected chi connectivity index (χ3v) is 3.93. The molecule has 0 spiro atoms. The van der Waals surface area contributed by atoms with Crippen LogP contribution in [0.5, 0.6) is 0 Å². The topological polar surface area (TPSA) is 15.3 Å². The quantitative estimate of drug-likeness (QED) is 0.761. The lowest BCUT2D eigenvalue weighted by atomic mass is 10.2. The van der Waals surface area contributed by atoms with Crippen molar-refractivity contribution in [3.63, 3.8) is 0 Å². The molecule has 1 rings (SSSR count). The van der Waals surface area contributed by atoms with Gasteiger partial charge in [0.1, 0.15) is 0 Å². The molecule has 18 heavy (non-hydrogen) atoms. The lowest BCUT2D eigenvalue weighted by Crippen LogP contribution is -2.29. The lowest BCUT2D eigenvalue weighted by Gasteiger charge is -2.20. The van der Waals surface area contributed by atoms with Crippen molar-refractivity contribution in [2.75, 3.05) is 20.1 Å². The maximum atomic E-state index is 6.13. The van der Waals surface area contributed by atoms with E-state index in [-0.39, 0.29) is 0 Å². The number of benzene rings is 1. The maximum absolute atomic E-state index is 6.13. The Morgan fingerprint density at radius 2 is 2.11 bits per heavy atom. The third kappa shape index (κ3) is 5.70. The number of rotatable bonds is 7. The van der Waals surface area contributed by atoms with Gasteiger partial charge in [0.2, 0.25) is 0 Å². The van der Waals surface area contributed by atoms with Crippen molar-refractivity contribution >= 4 is 27.5 Å². The second-order valence-corrected chi connectivity index (χ2v) is 6.16. The standard InChI is InChI=1S/C14H22BrClN2/c1-11(2)18(3)8-4-7-17-10-12-9-13(15)5-6-14(12)16/h5-6,9,11,17H,4,7-8,10H2,1-3H3. The first kappa shape index (κ1) is 16.0. The van der Waals surface area contributed by atoms with Crippen LogP contribution in [-0.4, -0.2) is 31.1 Å². The van der Waals surface area contributed by atoms with Crippen molar-refractivity contribution in [3.8, 4) is 0 Å². The summed E-state index contributed by atoms with van der Waals surface area (Å²) in [5.74, 6) is 0. The summed E-state index contributed by atoms with van der Waals surface area (Å²) in [7, 11) is 2.16. The normalized spacial score (nSPS) is 11.5. The first-order valence-corrected chi connectivity index (χ1v) is 7.52. The summed E-state index contributed by atoms with van der Waals surface area (Å²) in [4.78, 5) is 2.35. The lowest BCUT2D eigenvalue weighted by molar-refractivity contribution is 0.269. The van der Waals surface area contributed by atoms with Crippen LogP contribution in [0.1, 0.15) is 25.8 Å². The summed E-state index contributed by atoms with van der Waals surface area (Å²) in [5.41, 5.74) is 1.14. The smallest absolute Gasteiger partial charge is 0.0451 e. The van der Waals surface area contributed by atoms with Crippen LogP contribution in [0.2, 0.25) is 5.02 Å². The second-order valence-electron chi connectivity index (χ2n) is 4.84. The van der Waals surface area contributed by atoms with Crippen molar-refractivity contribution < 1.29 is 0 Å². The minimum absolute atomic E-state index is 0.615. The van der Waals surface area contributed by atoms with Gasteiger partial charge in [0.15, 0.2) is 0 Å². The molecule has 2 nitrogen and oxygen atoms in total. The van der Waals surface area contributed by atoms with Crippen LogP contribution in [0.3, 0.4) is 0 Å². The average Bonchev–Trinajstić information content (AvgIpc) is 2.32. The van der Waals surface area contributed by atoms with E-state index in [0.29, 0.717) is 6.04 Å². The molecule has 0 atom stereocenters. The molecule has 0 aliphatic carbocycles. The van der Waals surface area contributed by atoms with Gasteiger partial charge in [-0.1, -0.05) is 27.5 Å². The summed E-state index contributed by atoms with van der Waals surface area (Å²) in [6.45, 7) is 7.39. The zero-order valence-corrected chi connectivity index (χ0v) is 13.7. The predicted octanol–water partition coefficient (Wildman–Crippen LogP) is 3.92. The summed E-state index contributed by atoms with van der Waals surface area (Å²) >= 11 is 9.59. The fraction of sp³-hybridized carbons (Fsp3) is 0.571.